The number of nitrogens with zero attached hydrogens (tertiary/aromatic N) is 3. The van der Waals surface area contributed by atoms with Crippen molar-refractivity contribution in [3.63, 3.8) is 0 Å². The number of nitrogens with two attached hydrogens (primary N) is 1. The highest BCUT2D eigenvalue weighted by molar-refractivity contribution is 7.99. The largest absolute Gasteiger partial charge is 0.372 e. The molecule has 2 heterocycles. The maximum Gasteiger partial charge on any atom is 0.224 e. The number of hydrogen-bond donors (Lipinski definition) is 1. The zero-order chi connectivity index (χ0) is 20.8. The van der Waals surface area contributed by atoms with Gasteiger partial charge in [-0.15, -0.1) is 0 Å². The van der Waals surface area contributed by atoms with Gasteiger partial charge in [-0.1, -0.05) is 29.8 Å². The van der Waals surface area contributed by atoms with Crippen molar-refractivity contribution in [1.29, 1.82) is 0 Å². The van der Waals surface area contributed by atoms with E-state index in [9.17, 15) is 8.78 Å². The van der Waals surface area contributed by atoms with E-state index in [1.807, 2.05) is 24.3 Å². The van der Waals surface area contributed by atoms with E-state index in [0.717, 1.165) is 51.9 Å². The average molecular weight is 443 g/mol. The second-order valence-corrected chi connectivity index (χ2v) is 8.12. The molecule has 5 nitrogen and oxygen atoms in total. The Morgan fingerprint density at radius 1 is 1.00 bits per heavy atom. The Kier molecular flexibility index (Phi) is 4.77. The summed E-state index contributed by atoms with van der Waals surface area (Å²) in [6, 6.07) is 10.9. The zero-order valence-electron chi connectivity index (χ0n) is 15.3. The highest BCUT2D eigenvalue weighted by atomic mass is 35.5. The molecule has 0 saturated heterocycles. The first-order valence-corrected chi connectivity index (χ1v) is 10.1. The van der Waals surface area contributed by atoms with Crippen LogP contribution in [0.5, 0.6) is 0 Å². The molecule has 0 amide bonds. The van der Waals surface area contributed by atoms with Gasteiger partial charge in [-0.3, -0.25) is 0 Å². The summed E-state index contributed by atoms with van der Waals surface area (Å²) in [5, 5.41) is 2.50. The van der Waals surface area contributed by atoms with Gasteiger partial charge in [0.05, 0.1) is 23.1 Å². The van der Waals surface area contributed by atoms with Gasteiger partial charge in [-0.2, -0.15) is 9.97 Å². The lowest BCUT2D eigenvalue weighted by Gasteiger charge is -2.20. The van der Waals surface area contributed by atoms with Crippen LogP contribution in [0, 0.1) is 11.6 Å². The molecule has 1 aliphatic heterocycles. The van der Waals surface area contributed by atoms with Crippen LogP contribution in [0.15, 0.2) is 52.5 Å². The number of hydrogen-bond acceptors (Lipinski definition) is 6. The van der Waals surface area contributed by atoms with Crippen molar-refractivity contribution in [2.75, 3.05) is 5.73 Å². The molecule has 5 rings (SSSR count). The molecular formula is C21H13ClF2N4OS. The topological polar surface area (TPSA) is 73.9 Å². The third kappa shape index (κ3) is 3.36. The first kappa shape index (κ1) is 19.2. The second kappa shape index (κ2) is 7.46. The number of rotatable bonds is 3. The fraction of sp³-hybridized carbons (Fsp3) is 0.0952. The van der Waals surface area contributed by atoms with E-state index < -0.39 is 11.6 Å². The van der Waals surface area contributed by atoms with Crippen LogP contribution < -0.4 is 5.73 Å². The molecule has 0 aliphatic carbocycles. The van der Waals surface area contributed by atoms with Gasteiger partial charge in [0.1, 0.15) is 11.6 Å². The number of anilines is 1. The van der Waals surface area contributed by atoms with E-state index in [0.29, 0.717) is 23.8 Å². The van der Waals surface area contributed by atoms with E-state index >= 15 is 0 Å². The lowest BCUT2D eigenvalue weighted by atomic mass is 9.94. The molecule has 0 atom stereocenters. The minimum absolute atomic E-state index is 0.0424. The van der Waals surface area contributed by atoms with Crippen molar-refractivity contribution in [3.8, 4) is 11.4 Å². The SMILES string of the molecule is Nc1nc(Sc2cc(F)ccc2F)nc(-c2c(Cl)cc3c4c(cccc24)COC3)n1. The van der Waals surface area contributed by atoms with Crippen LogP contribution in [-0.4, -0.2) is 15.0 Å². The molecule has 0 saturated carbocycles. The highest BCUT2D eigenvalue weighted by Gasteiger charge is 2.21. The summed E-state index contributed by atoms with van der Waals surface area (Å²) in [6.07, 6.45) is 0. The van der Waals surface area contributed by atoms with E-state index in [-0.39, 0.29) is 21.8 Å². The number of benzene rings is 3. The summed E-state index contributed by atoms with van der Waals surface area (Å²) in [4.78, 5) is 12.8. The number of ether oxygens (including phenoxy) is 1. The van der Waals surface area contributed by atoms with Gasteiger partial charge in [0, 0.05) is 5.56 Å². The summed E-state index contributed by atoms with van der Waals surface area (Å²) in [6.45, 7) is 0.970. The first-order valence-electron chi connectivity index (χ1n) is 8.95. The Morgan fingerprint density at radius 2 is 1.83 bits per heavy atom. The normalized spacial score (nSPS) is 13.0. The predicted octanol–water partition coefficient (Wildman–Crippen LogP) is 5.39. The van der Waals surface area contributed by atoms with Crippen LogP contribution in [0.25, 0.3) is 22.2 Å². The Hall–Kier alpha value is -2.81. The summed E-state index contributed by atoms with van der Waals surface area (Å²) < 4.78 is 33.2. The number of aromatic nitrogens is 3. The molecule has 0 radical (unpaired) electrons. The maximum absolute atomic E-state index is 14.1. The molecule has 30 heavy (non-hydrogen) atoms. The quantitative estimate of drug-likeness (QED) is 0.458. The molecule has 0 bridgehead atoms. The summed E-state index contributed by atoms with van der Waals surface area (Å²) in [7, 11) is 0. The average Bonchev–Trinajstić information content (AvgIpc) is 2.71. The summed E-state index contributed by atoms with van der Waals surface area (Å²) in [5.74, 6) is -0.919. The first-order chi connectivity index (χ1) is 14.5. The van der Waals surface area contributed by atoms with Crippen molar-refractivity contribution >= 4 is 40.1 Å². The van der Waals surface area contributed by atoms with Crippen LogP contribution in [0.2, 0.25) is 5.02 Å². The fourth-order valence-electron chi connectivity index (χ4n) is 3.53. The van der Waals surface area contributed by atoms with Gasteiger partial charge < -0.3 is 10.5 Å². The van der Waals surface area contributed by atoms with Crippen LogP contribution in [0.4, 0.5) is 14.7 Å². The number of halogens is 3. The van der Waals surface area contributed by atoms with Crippen molar-refractivity contribution in [2.24, 2.45) is 0 Å². The maximum atomic E-state index is 14.1. The molecule has 150 valence electrons. The summed E-state index contributed by atoms with van der Waals surface area (Å²) >= 11 is 7.46. The summed E-state index contributed by atoms with van der Waals surface area (Å²) in [5.41, 5.74) is 8.54. The van der Waals surface area contributed by atoms with Gasteiger partial charge >= 0.3 is 0 Å². The minimum Gasteiger partial charge on any atom is -0.372 e. The monoisotopic (exact) mass is 442 g/mol. The van der Waals surface area contributed by atoms with Gasteiger partial charge in [-0.25, -0.2) is 13.8 Å². The van der Waals surface area contributed by atoms with E-state index in [2.05, 4.69) is 15.0 Å². The molecular weight excluding hydrogens is 430 g/mol. The Bertz CT molecular complexity index is 1320. The third-order valence-electron chi connectivity index (χ3n) is 4.75. The van der Waals surface area contributed by atoms with Crippen molar-refractivity contribution in [1.82, 2.24) is 15.0 Å². The van der Waals surface area contributed by atoms with Crippen LogP contribution in [0.1, 0.15) is 11.1 Å². The van der Waals surface area contributed by atoms with Crippen molar-refractivity contribution < 1.29 is 13.5 Å². The van der Waals surface area contributed by atoms with Gasteiger partial charge in [0.25, 0.3) is 0 Å². The molecule has 9 heteroatoms. The molecule has 4 aromatic rings. The van der Waals surface area contributed by atoms with Crippen molar-refractivity contribution in [3.05, 3.63) is 70.2 Å². The minimum atomic E-state index is -0.582. The Balaban J connectivity index is 1.67. The predicted molar refractivity (Wildman–Crippen MR) is 111 cm³/mol. The van der Waals surface area contributed by atoms with E-state index in [1.165, 1.54) is 0 Å². The van der Waals surface area contributed by atoms with Crippen molar-refractivity contribution in [2.45, 2.75) is 23.3 Å². The van der Waals surface area contributed by atoms with E-state index in [4.69, 9.17) is 22.1 Å². The number of nitrogen functional groups attached to an aromatic ring is 1. The van der Waals surface area contributed by atoms with Crippen LogP contribution >= 0.6 is 23.4 Å². The lowest BCUT2D eigenvalue weighted by Crippen LogP contribution is -2.06. The molecule has 0 fully saturated rings. The zero-order valence-corrected chi connectivity index (χ0v) is 16.9. The molecule has 3 aromatic carbocycles. The third-order valence-corrected chi connectivity index (χ3v) is 5.94. The lowest BCUT2D eigenvalue weighted by molar-refractivity contribution is 0.103. The van der Waals surface area contributed by atoms with Crippen LogP contribution in [0.3, 0.4) is 0 Å². The highest BCUT2D eigenvalue weighted by Crippen LogP contribution is 2.40. The Morgan fingerprint density at radius 3 is 2.70 bits per heavy atom. The fourth-order valence-corrected chi connectivity index (χ4v) is 4.65. The molecule has 0 unspecified atom stereocenters. The smallest absolute Gasteiger partial charge is 0.224 e. The van der Waals surface area contributed by atoms with Crippen LogP contribution in [-0.2, 0) is 18.0 Å². The molecule has 0 spiro atoms. The van der Waals surface area contributed by atoms with Gasteiger partial charge in [-0.05, 0) is 57.9 Å². The molecule has 1 aromatic heterocycles. The van der Waals surface area contributed by atoms with E-state index in [1.54, 1.807) is 0 Å². The second-order valence-electron chi connectivity index (χ2n) is 6.70. The standard InChI is InChI=1S/C21H13ClF2N4OS/c22-14-6-11-9-29-8-10-2-1-3-13(17(10)11)18(14)19-26-20(25)28-21(27-19)30-16-7-12(23)4-5-15(16)24/h1-7H,8-9H2,(H2,25,26,27,28). The van der Waals surface area contributed by atoms with Gasteiger partial charge in [0.15, 0.2) is 11.0 Å². The Labute approximate surface area is 179 Å². The molecule has 1 aliphatic rings. The van der Waals surface area contributed by atoms with Gasteiger partial charge in [0.2, 0.25) is 5.95 Å². The molecule has 2 N–H and O–H groups in total.